The summed E-state index contributed by atoms with van der Waals surface area (Å²) in [6.07, 6.45) is 2.40. The summed E-state index contributed by atoms with van der Waals surface area (Å²) in [5.74, 6) is 0.603. The molecule has 4 rings (SSSR count). The van der Waals surface area contributed by atoms with Crippen LogP contribution in [0.4, 0.5) is 0 Å². The number of hydrogen-bond acceptors (Lipinski definition) is 5. The van der Waals surface area contributed by atoms with Crippen molar-refractivity contribution in [2.45, 2.75) is 19.8 Å². The molecule has 2 aromatic carbocycles. The quantitative estimate of drug-likeness (QED) is 0.598. The van der Waals surface area contributed by atoms with Crippen LogP contribution in [0.15, 0.2) is 48.7 Å². The molecule has 0 aliphatic carbocycles. The Hall–Kier alpha value is -3.74. The van der Waals surface area contributed by atoms with Gasteiger partial charge in [-0.25, -0.2) is 4.79 Å². The van der Waals surface area contributed by atoms with E-state index in [1.807, 2.05) is 30.3 Å². The molecule has 0 atom stereocenters. The molecule has 7 nitrogen and oxygen atoms in total. The van der Waals surface area contributed by atoms with E-state index in [1.54, 1.807) is 44.4 Å². The minimum Gasteiger partial charge on any atom is -0.493 e. The van der Waals surface area contributed by atoms with Gasteiger partial charge < -0.3 is 24.1 Å². The van der Waals surface area contributed by atoms with Gasteiger partial charge in [-0.15, -0.1) is 0 Å². The number of nitrogens with one attached hydrogen (secondary N) is 1. The third-order valence-electron chi connectivity index (χ3n) is 5.59. The zero-order valence-electron chi connectivity index (χ0n) is 18.4. The first-order chi connectivity index (χ1) is 15.5. The molecule has 1 aromatic heterocycles. The molecule has 3 aromatic rings. The molecule has 2 heterocycles. The molecule has 0 bridgehead atoms. The van der Waals surface area contributed by atoms with Gasteiger partial charge in [0.05, 0.1) is 38.5 Å². The molecular formula is C25H26N2O5. The number of methoxy groups -OCH3 is 2. The number of H-pyrrole nitrogens is 1. The van der Waals surface area contributed by atoms with Crippen LogP contribution in [-0.2, 0) is 27.2 Å². The van der Waals surface area contributed by atoms with Crippen molar-refractivity contribution < 1.29 is 23.8 Å². The van der Waals surface area contributed by atoms with Gasteiger partial charge in [0.2, 0.25) is 5.91 Å². The lowest BCUT2D eigenvalue weighted by Crippen LogP contribution is -2.29. The number of rotatable bonds is 6. The van der Waals surface area contributed by atoms with E-state index in [0.29, 0.717) is 35.7 Å². The Balaban J connectivity index is 1.66. The Bertz CT molecular complexity index is 1190. The molecule has 0 fully saturated rings. The van der Waals surface area contributed by atoms with Crippen molar-refractivity contribution in [3.05, 3.63) is 65.5 Å². The van der Waals surface area contributed by atoms with Crippen LogP contribution in [0.5, 0.6) is 11.5 Å². The highest BCUT2D eigenvalue weighted by molar-refractivity contribution is 6.18. The minimum absolute atomic E-state index is 0.117. The lowest BCUT2D eigenvalue weighted by molar-refractivity contribution is -0.136. The Morgan fingerprint density at radius 1 is 1.06 bits per heavy atom. The molecule has 1 N–H and O–H groups in total. The van der Waals surface area contributed by atoms with Gasteiger partial charge in [0.1, 0.15) is 0 Å². The van der Waals surface area contributed by atoms with E-state index in [1.165, 1.54) is 0 Å². The monoisotopic (exact) mass is 434 g/mol. The van der Waals surface area contributed by atoms with E-state index in [2.05, 4.69) is 4.98 Å². The smallest absolute Gasteiger partial charge is 0.341 e. The first-order valence-electron chi connectivity index (χ1n) is 10.5. The summed E-state index contributed by atoms with van der Waals surface area (Å²) in [6.45, 7) is 2.48. The highest BCUT2D eigenvalue weighted by atomic mass is 16.5. The minimum atomic E-state index is -0.453. The highest BCUT2D eigenvalue weighted by Crippen LogP contribution is 2.32. The summed E-state index contributed by atoms with van der Waals surface area (Å²) in [7, 11) is 3.13. The summed E-state index contributed by atoms with van der Waals surface area (Å²) in [4.78, 5) is 30.9. The third kappa shape index (κ3) is 4.06. The Kier molecular flexibility index (Phi) is 6.16. The van der Waals surface area contributed by atoms with Crippen LogP contribution in [0.3, 0.4) is 0 Å². The number of carbonyl (C=O) groups is 2. The number of esters is 1. The van der Waals surface area contributed by atoms with E-state index in [4.69, 9.17) is 14.2 Å². The van der Waals surface area contributed by atoms with Gasteiger partial charge in [0, 0.05) is 23.6 Å². The normalized spacial score (nSPS) is 13.2. The molecule has 1 aliphatic rings. The van der Waals surface area contributed by atoms with Crippen molar-refractivity contribution in [1.29, 1.82) is 0 Å². The van der Waals surface area contributed by atoms with Gasteiger partial charge in [-0.05, 0) is 42.7 Å². The van der Waals surface area contributed by atoms with E-state index < -0.39 is 5.97 Å². The zero-order valence-corrected chi connectivity index (χ0v) is 18.4. The molecule has 32 heavy (non-hydrogen) atoms. The number of hydrogen-bond donors (Lipinski definition) is 1. The van der Waals surface area contributed by atoms with Crippen LogP contribution < -0.4 is 9.47 Å². The second-order valence-electron chi connectivity index (χ2n) is 7.49. The molecule has 1 aliphatic heterocycles. The maximum absolute atomic E-state index is 13.2. The average molecular weight is 434 g/mol. The average Bonchev–Trinajstić information content (AvgIpc) is 3.06. The number of benzene rings is 2. The molecule has 0 unspecified atom stereocenters. The maximum Gasteiger partial charge on any atom is 0.341 e. The summed E-state index contributed by atoms with van der Waals surface area (Å²) in [5, 5.41) is 1.05. The van der Waals surface area contributed by atoms with Crippen molar-refractivity contribution in [1.82, 2.24) is 9.88 Å². The van der Waals surface area contributed by atoms with Crippen molar-refractivity contribution in [2.75, 3.05) is 27.4 Å². The second kappa shape index (κ2) is 9.18. The molecule has 0 spiro atoms. The van der Waals surface area contributed by atoms with Crippen LogP contribution in [-0.4, -0.2) is 49.1 Å². The first-order valence-corrected chi connectivity index (χ1v) is 10.5. The standard InChI is InChI=1S/C25H26N2O5/c1-4-32-25(29)19-15-27(12-11-18-17-7-5-6-8-20(17)26-24(18)19)23(28)14-16-9-10-21(30-2)22(13-16)31-3/h5-10,13,15,26H,4,11-12,14H2,1-3H3. The summed E-state index contributed by atoms with van der Waals surface area (Å²) in [5.41, 5.74) is 3.84. The number of aromatic nitrogens is 1. The van der Waals surface area contributed by atoms with E-state index in [0.717, 1.165) is 22.0 Å². The number of amides is 1. The SMILES string of the molecule is CCOC(=O)C1=CN(C(=O)Cc2ccc(OC)c(OC)c2)CCc2c1[nH]c1ccccc21. The van der Waals surface area contributed by atoms with Crippen molar-refractivity contribution >= 4 is 28.4 Å². The summed E-state index contributed by atoms with van der Waals surface area (Å²) >= 11 is 0. The van der Waals surface area contributed by atoms with Crippen molar-refractivity contribution in [2.24, 2.45) is 0 Å². The fraction of sp³-hybridized carbons (Fsp3) is 0.280. The molecule has 7 heteroatoms. The Morgan fingerprint density at radius 3 is 2.59 bits per heavy atom. The van der Waals surface area contributed by atoms with Gasteiger partial charge in [-0.2, -0.15) is 0 Å². The van der Waals surface area contributed by atoms with Crippen LogP contribution in [0.1, 0.15) is 23.7 Å². The number of para-hydroxylation sites is 1. The lowest BCUT2D eigenvalue weighted by Gasteiger charge is -2.18. The lowest BCUT2D eigenvalue weighted by atomic mass is 10.0. The predicted molar refractivity (Wildman–Crippen MR) is 122 cm³/mol. The van der Waals surface area contributed by atoms with Crippen LogP contribution >= 0.6 is 0 Å². The zero-order chi connectivity index (χ0) is 22.7. The number of ether oxygens (including phenoxy) is 3. The first kappa shape index (κ1) is 21.5. The summed E-state index contributed by atoms with van der Waals surface area (Å²) < 4.78 is 15.9. The van der Waals surface area contributed by atoms with Gasteiger partial charge in [-0.3, -0.25) is 4.79 Å². The topological polar surface area (TPSA) is 80.9 Å². The maximum atomic E-state index is 13.2. The van der Waals surface area contributed by atoms with E-state index >= 15 is 0 Å². The molecule has 0 saturated heterocycles. The third-order valence-corrected chi connectivity index (χ3v) is 5.59. The fourth-order valence-corrected chi connectivity index (χ4v) is 4.03. The highest BCUT2D eigenvalue weighted by Gasteiger charge is 2.27. The molecule has 0 saturated carbocycles. The predicted octanol–water partition coefficient (Wildman–Crippen LogP) is 3.72. The van der Waals surface area contributed by atoms with Crippen LogP contribution in [0, 0.1) is 0 Å². The van der Waals surface area contributed by atoms with E-state index in [-0.39, 0.29) is 18.9 Å². The van der Waals surface area contributed by atoms with Crippen LogP contribution in [0.2, 0.25) is 0 Å². The molecule has 0 radical (unpaired) electrons. The number of fused-ring (bicyclic) bond motifs is 3. The van der Waals surface area contributed by atoms with Crippen molar-refractivity contribution in [3.8, 4) is 11.5 Å². The van der Waals surface area contributed by atoms with Gasteiger partial charge in [0.25, 0.3) is 0 Å². The number of aromatic amines is 1. The Labute approximate surface area is 186 Å². The van der Waals surface area contributed by atoms with Gasteiger partial charge in [-0.1, -0.05) is 24.3 Å². The summed E-state index contributed by atoms with van der Waals surface area (Å²) in [6, 6.07) is 13.3. The van der Waals surface area contributed by atoms with Gasteiger partial charge in [0.15, 0.2) is 11.5 Å². The molecule has 1 amide bonds. The molecular weight excluding hydrogens is 408 g/mol. The molecule has 166 valence electrons. The second-order valence-corrected chi connectivity index (χ2v) is 7.49. The number of nitrogens with zero attached hydrogens (tertiary/aromatic N) is 1. The Morgan fingerprint density at radius 2 is 1.84 bits per heavy atom. The van der Waals surface area contributed by atoms with E-state index in [9.17, 15) is 9.59 Å². The van der Waals surface area contributed by atoms with Crippen molar-refractivity contribution in [3.63, 3.8) is 0 Å². The largest absolute Gasteiger partial charge is 0.493 e. The fourth-order valence-electron chi connectivity index (χ4n) is 4.03. The number of carbonyl (C=O) groups excluding carboxylic acids is 2. The van der Waals surface area contributed by atoms with Crippen LogP contribution in [0.25, 0.3) is 16.5 Å². The van der Waals surface area contributed by atoms with Gasteiger partial charge >= 0.3 is 5.97 Å².